The average Bonchev–Trinajstić information content (AvgIpc) is 2.25. The van der Waals surface area contributed by atoms with Crippen LogP contribution in [0.25, 0.3) is 0 Å². The molecule has 0 bridgehead atoms. The van der Waals surface area contributed by atoms with Gasteiger partial charge in [-0.2, -0.15) is 0 Å². The second-order valence-corrected chi connectivity index (χ2v) is 4.99. The zero-order valence-corrected chi connectivity index (χ0v) is 10.9. The summed E-state index contributed by atoms with van der Waals surface area (Å²) < 4.78 is 0. The van der Waals surface area contributed by atoms with Crippen molar-refractivity contribution in [3.63, 3.8) is 0 Å². The third kappa shape index (κ3) is 3.22. The van der Waals surface area contributed by atoms with Crippen LogP contribution in [0, 0.1) is 10.8 Å². The Balaban J connectivity index is 4.89. The summed E-state index contributed by atoms with van der Waals surface area (Å²) in [5.41, 5.74) is -0.342. The van der Waals surface area contributed by atoms with Gasteiger partial charge in [0, 0.05) is 0 Å². The molecule has 15 heavy (non-hydrogen) atoms. The lowest BCUT2D eigenvalue weighted by molar-refractivity contribution is -0.152. The highest BCUT2D eigenvalue weighted by atomic mass is 16.4. The number of hydrogen-bond acceptors (Lipinski definition) is 1. The van der Waals surface area contributed by atoms with Gasteiger partial charge in [0.2, 0.25) is 0 Å². The van der Waals surface area contributed by atoms with Gasteiger partial charge in [0.15, 0.2) is 0 Å². The van der Waals surface area contributed by atoms with Crippen LogP contribution >= 0.6 is 0 Å². The molecule has 0 aliphatic rings. The van der Waals surface area contributed by atoms with E-state index in [0.29, 0.717) is 0 Å². The number of carboxylic acids is 1. The molecule has 0 aromatic rings. The van der Waals surface area contributed by atoms with Crippen LogP contribution in [0.1, 0.15) is 66.7 Å². The van der Waals surface area contributed by atoms with Gasteiger partial charge in [-0.15, -0.1) is 0 Å². The SMILES string of the molecule is CCC(C)(CC)CC(CC)(CC)C(=O)O. The molecule has 0 aromatic heterocycles. The van der Waals surface area contributed by atoms with Crippen LogP contribution in [0.4, 0.5) is 0 Å². The maximum atomic E-state index is 11.4. The van der Waals surface area contributed by atoms with Crippen molar-refractivity contribution in [1.82, 2.24) is 0 Å². The molecule has 0 aliphatic heterocycles. The van der Waals surface area contributed by atoms with E-state index in [1.165, 1.54) is 0 Å². The molecule has 0 saturated carbocycles. The topological polar surface area (TPSA) is 37.3 Å². The molecule has 0 unspecified atom stereocenters. The summed E-state index contributed by atoms with van der Waals surface area (Å²) in [4.78, 5) is 11.4. The first-order valence-electron chi connectivity index (χ1n) is 6.13. The number of aliphatic carboxylic acids is 1. The lowest BCUT2D eigenvalue weighted by Gasteiger charge is -2.37. The Bertz CT molecular complexity index is 201. The van der Waals surface area contributed by atoms with Gasteiger partial charge in [0.05, 0.1) is 5.41 Å². The highest BCUT2D eigenvalue weighted by Gasteiger charge is 2.40. The van der Waals surface area contributed by atoms with Crippen LogP contribution in [0.2, 0.25) is 0 Å². The van der Waals surface area contributed by atoms with Crippen molar-refractivity contribution in [3.8, 4) is 0 Å². The van der Waals surface area contributed by atoms with Gasteiger partial charge >= 0.3 is 5.97 Å². The van der Waals surface area contributed by atoms with E-state index in [4.69, 9.17) is 0 Å². The van der Waals surface area contributed by atoms with E-state index < -0.39 is 11.4 Å². The van der Waals surface area contributed by atoms with Gasteiger partial charge in [-0.25, -0.2) is 0 Å². The van der Waals surface area contributed by atoms with E-state index in [-0.39, 0.29) is 5.41 Å². The van der Waals surface area contributed by atoms with Crippen LogP contribution in [0.3, 0.4) is 0 Å². The number of hydrogen-bond donors (Lipinski definition) is 1. The van der Waals surface area contributed by atoms with E-state index in [1.54, 1.807) is 0 Å². The molecule has 0 amide bonds. The van der Waals surface area contributed by atoms with Crippen molar-refractivity contribution in [1.29, 1.82) is 0 Å². The molecule has 90 valence electrons. The first-order valence-corrected chi connectivity index (χ1v) is 6.13. The highest BCUT2D eigenvalue weighted by molar-refractivity contribution is 5.74. The monoisotopic (exact) mass is 214 g/mol. The highest BCUT2D eigenvalue weighted by Crippen LogP contribution is 2.43. The molecule has 0 rings (SSSR count). The lowest BCUT2D eigenvalue weighted by atomic mass is 9.67. The summed E-state index contributed by atoms with van der Waals surface area (Å²) in [7, 11) is 0. The van der Waals surface area contributed by atoms with E-state index in [1.807, 2.05) is 13.8 Å². The number of carboxylic acid groups (broad SMARTS) is 1. The summed E-state index contributed by atoms with van der Waals surface area (Å²) in [5.74, 6) is -0.624. The minimum absolute atomic E-state index is 0.171. The molecule has 0 fully saturated rings. The summed E-state index contributed by atoms with van der Waals surface area (Å²) >= 11 is 0. The predicted molar refractivity (Wildman–Crippen MR) is 64.0 cm³/mol. The fraction of sp³-hybridized carbons (Fsp3) is 0.923. The normalized spacial score (nSPS) is 12.9. The zero-order valence-electron chi connectivity index (χ0n) is 10.9. The third-order valence-corrected chi connectivity index (χ3v) is 4.28. The van der Waals surface area contributed by atoms with Gasteiger partial charge < -0.3 is 5.11 Å². The van der Waals surface area contributed by atoms with Crippen molar-refractivity contribution in [2.75, 3.05) is 0 Å². The van der Waals surface area contributed by atoms with Gasteiger partial charge in [-0.05, 0) is 24.7 Å². The molecule has 0 aliphatic carbocycles. The van der Waals surface area contributed by atoms with Crippen molar-refractivity contribution in [2.24, 2.45) is 10.8 Å². The van der Waals surface area contributed by atoms with Gasteiger partial charge in [-0.1, -0.05) is 47.5 Å². The largest absolute Gasteiger partial charge is 0.481 e. The average molecular weight is 214 g/mol. The molecular weight excluding hydrogens is 188 g/mol. The summed E-state index contributed by atoms with van der Waals surface area (Å²) in [6.07, 6.45) is 4.37. The van der Waals surface area contributed by atoms with Crippen molar-refractivity contribution < 1.29 is 9.90 Å². The van der Waals surface area contributed by atoms with Crippen LogP contribution in [0.15, 0.2) is 0 Å². The van der Waals surface area contributed by atoms with Crippen LogP contribution < -0.4 is 0 Å². The second kappa shape index (κ2) is 5.53. The number of rotatable bonds is 7. The van der Waals surface area contributed by atoms with Crippen molar-refractivity contribution in [3.05, 3.63) is 0 Å². The first-order chi connectivity index (χ1) is 6.89. The third-order valence-electron chi connectivity index (χ3n) is 4.28. The van der Waals surface area contributed by atoms with Gasteiger partial charge in [-0.3, -0.25) is 4.79 Å². The van der Waals surface area contributed by atoms with Crippen LogP contribution in [-0.4, -0.2) is 11.1 Å². The number of carbonyl (C=O) groups is 1. The Hall–Kier alpha value is -0.530. The van der Waals surface area contributed by atoms with E-state index in [9.17, 15) is 9.90 Å². The Kier molecular flexibility index (Phi) is 5.33. The standard InChI is InChI=1S/C13H26O2/c1-6-12(5,7-2)10-13(8-3,9-4)11(14)15/h6-10H2,1-5H3,(H,14,15). The van der Waals surface area contributed by atoms with Gasteiger partial charge in [0.1, 0.15) is 0 Å². The molecular formula is C13H26O2. The summed E-state index contributed by atoms with van der Waals surface area (Å²) in [5, 5.41) is 9.38. The molecule has 0 saturated heterocycles. The van der Waals surface area contributed by atoms with Crippen LogP contribution in [-0.2, 0) is 4.79 Å². The Morgan fingerprint density at radius 2 is 1.40 bits per heavy atom. The molecule has 1 N–H and O–H groups in total. The Morgan fingerprint density at radius 1 is 1.00 bits per heavy atom. The molecule has 0 atom stereocenters. The molecule has 0 heterocycles. The minimum atomic E-state index is -0.624. The molecule has 0 aromatic carbocycles. The van der Waals surface area contributed by atoms with E-state index >= 15 is 0 Å². The van der Waals surface area contributed by atoms with Crippen molar-refractivity contribution in [2.45, 2.75) is 66.7 Å². The second-order valence-electron chi connectivity index (χ2n) is 4.99. The molecule has 2 nitrogen and oxygen atoms in total. The fourth-order valence-electron chi connectivity index (χ4n) is 2.20. The van der Waals surface area contributed by atoms with E-state index in [0.717, 1.165) is 32.1 Å². The summed E-state index contributed by atoms with van der Waals surface area (Å²) in [6.45, 7) is 10.5. The van der Waals surface area contributed by atoms with Crippen molar-refractivity contribution >= 4 is 5.97 Å². The predicted octanol–water partition coefficient (Wildman–Crippen LogP) is 4.09. The first kappa shape index (κ1) is 14.5. The summed E-state index contributed by atoms with van der Waals surface area (Å²) in [6, 6.07) is 0. The van der Waals surface area contributed by atoms with Crippen LogP contribution in [0.5, 0.6) is 0 Å². The Morgan fingerprint density at radius 3 is 1.60 bits per heavy atom. The maximum absolute atomic E-state index is 11.4. The maximum Gasteiger partial charge on any atom is 0.309 e. The fourth-order valence-corrected chi connectivity index (χ4v) is 2.20. The Labute approximate surface area is 94.1 Å². The smallest absolute Gasteiger partial charge is 0.309 e. The zero-order chi connectivity index (χ0) is 12.1. The molecule has 0 spiro atoms. The van der Waals surface area contributed by atoms with E-state index in [2.05, 4.69) is 20.8 Å². The van der Waals surface area contributed by atoms with Gasteiger partial charge in [0.25, 0.3) is 0 Å². The molecule has 2 heteroatoms. The minimum Gasteiger partial charge on any atom is -0.481 e. The lowest BCUT2D eigenvalue weighted by Crippen LogP contribution is -2.35. The quantitative estimate of drug-likeness (QED) is 0.693. The molecule has 0 radical (unpaired) electrons.